The van der Waals surface area contributed by atoms with Gasteiger partial charge in [-0.2, -0.15) is 0 Å². The second kappa shape index (κ2) is 6.27. The highest BCUT2D eigenvalue weighted by Gasteiger charge is 2.47. The van der Waals surface area contributed by atoms with Gasteiger partial charge in [0.1, 0.15) is 11.4 Å². The fraction of sp³-hybridized carbons (Fsp3) is 0.400. The van der Waals surface area contributed by atoms with Crippen molar-refractivity contribution >= 4 is 5.91 Å². The van der Waals surface area contributed by atoms with Crippen molar-refractivity contribution in [3.05, 3.63) is 59.9 Å². The summed E-state index contributed by atoms with van der Waals surface area (Å²) in [4.78, 5) is 16.6. The van der Waals surface area contributed by atoms with Crippen LogP contribution in [-0.4, -0.2) is 24.0 Å². The first-order chi connectivity index (χ1) is 11.7. The lowest BCUT2D eigenvalue weighted by Gasteiger charge is -2.30. The molecule has 2 saturated carbocycles. The predicted molar refractivity (Wildman–Crippen MR) is 92.1 cm³/mol. The highest BCUT2D eigenvalue weighted by Crippen LogP contribution is 2.53. The quantitative estimate of drug-likeness (QED) is 0.938. The zero-order chi connectivity index (χ0) is 16.5. The van der Waals surface area contributed by atoms with Crippen molar-refractivity contribution in [2.75, 3.05) is 7.11 Å². The van der Waals surface area contributed by atoms with Crippen molar-refractivity contribution < 1.29 is 9.53 Å². The normalized spacial score (nSPS) is 27.9. The lowest BCUT2D eigenvalue weighted by Crippen LogP contribution is -2.41. The molecule has 4 heteroatoms. The molecule has 2 aromatic rings. The molecular formula is C20H22N2O2. The molecule has 4 rings (SSSR count). The van der Waals surface area contributed by atoms with Gasteiger partial charge in [0.15, 0.2) is 0 Å². The molecule has 4 atom stereocenters. The van der Waals surface area contributed by atoms with Crippen LogP contribution in [0.3, 0.4) is 0 Å². The first-order valence-electron chi connectivity index (χ1n) is 8.60. The number of fused-ring (bicyclic) bond motifs is 2. The van der Waals surface area contributed by atoms with Gasteiger partial charge in [0.2, 0.25) is 0 Å². The Balaban J connectivity index is 1.47. The number of amides is 1. The third-order valence-electron chi connectivity index (χ3n) is 5.57. The molecule has 124 valence electrons. The molecule has 0 saturated heterocycles. The van der Waals surface area contributed by atoms with Crippen LogP contribution < -0.4 is 10.1 Å². The van der Waals surface area contributed by atoms with E-state index in [1.807, 2.05) is 24.3 Å². The van der Waals surface area contributed by atoms with E-state index in [0.717, 1.165) is 18.1 Å². The number of pyridine rings is 1. The number of hydrogen-bond donors (Lipinski definition) is 1. The highest BCUT2D eigenvalue weighted by atomic mass is 16.5. The Hall–Kier alpha value is -2.36. The van der Waals surface area contributed by atoms with Gasteiger partial charge >= 0.3 is 0 Å². The van der Waals surface area contributed by atoms with Crippen LogP contribution in [0.1, 0.15) is 41.2 Å². The molecule has 24 heavy (non-hydrogen) atoms. The Labute approximate surface area is 142 Å². The van der Waals surface area contributed by atoms with E-state index in [-0.39, 0.29) is 11.9 Å². The van der Waals surface area contributed by atoms with Crippen LogP contribution in [0.4, 0.5) is 0 Å². The molecule has 1 heterocycles. The first-order valence-corrected chi connectivity index (χ1v) is 8.60. The number of carbonyl (C=O) groups is 1. The van der Waals surface area contributed by atoms with Gasteiger partial charge < -0.3 is 10.1 Å². The molecule has 0 aliphatic heterocycles. The van der Waals surface area contributed by atoms with Gasteiger partial charge in [-0.15, -0.1) is 0 Å². The van der Waals surface area contributed by atoms with Crippen molar-refractivity contribution in [2.24, 2.45) is 11.8 Å². The van der Waals surface area contributed by atoms with Crippen molar-refractivity contribution in [2.45, 2.75) is 31.2 Å². The molecule has 4 nitrogen and oxygen atoms in total. The summed E-state index contributed by atoms with van der Waals surface area (Å²) in [5, 5.41) is 3.22. The van der Waals surface area contributed by atoms with Gasteiger partial charge in [-0.3, -0.25) is 9.78 Å². The Kier molecular flexibility index (Phi) is 3.97. The van der Waals surface area contributed by atoms with Gasteiger partial charge in [0.25, 0.3) is 5.91 Å². The van der Waals surface area contributed by atoms with Crippen LogP contribution in [0.5, 0.6) is 5.75 Å². The molecule has 0 radical (unpaired) electrons. The average molecular weight is 322 g/mol. The molecule has 0 spiro atoms. The van der Waals surface area contributed by atoms with E-state index < -0.39 is 0 Å². The number of rotatable bonds is 4. The van der Waals surface area contributed by atoms with Gasteiger partial charge in [-0.1, -0.05) is 18.2 Å². The SMILES string of the molecule is COc1ccc([C@H]2C[C@@H]3C[C@@H]2[C@@H](NC(=O)c2ccccn2)C3)cc1. The van der Waals surface area contributed by atoms with E-state index in [2.05, 4.69) is 22.4 Å². The minimum absolute atomic E-state index is 0.0540. The van der Waals surface area contributed by atoms with Crippen LogP contribution in [0.15, 0.2) is 48.7 Å². The molecule has 1 amide bonds. The van der Waals surface area contributed by atoms with Crippen molar-refractivity contribution in [1.82, 2.24) is 10.3 Å². The topological polar surface area (TPSA) is 51.2 Å². The molecule has 2 fully saturated rings. The van der Waals surface area contributed by atoms with Crippen LogP contribution in [0.2, 0.25) is 0 Å². The molecule has 2 aliphatic carbocycles. The predicted octanol–water partition coefficient (Wildman–Crippen LogP) is 3.40. The minimum atomic E-state index is -0.0540. The first kappa shape index (κ1) is 15.2. The maximum Gasteiger partial charge on any atom is 0.270 e. The number of aromatic nitrogens is 1. The average Bonchev–Trinajstić information content (AvgIpc) is 3.23. The zero-order valence-electron chi connectivity index (χ0n) is 13.8. The summed E-state index contributed by atoms with van der Waals surface area (Å²) >= 11 is 0. The summed E-state index contributed by atoms with van der Waals surface area (Å²) in [6, 6.07) is 14.1. The summed E-state index contributed by atoms with van der Waals surface area (Å²) in [5.74, 6) is 2.61. The van der Waals surface area contributed by atoms with Crippen LogP contribution in [-0.2, 0) is 0 Å². The van der Waals surface area contributed by atoms with Crippen LogP contribution in [0.25, 0.3) is 0 Å². The Morgan fingerprint density at radius 1 is 1.12 bits per heavy atom. The van der Waals surface area contributed by atoms with Gasteiger partial charge in [0, 0.05) is 12.2 Å². The van der Waals surface area contributed by atoms with Crippen LogP contribution in [0, 0.1) is 11.8 Å². The standard InChI is InChI=1S/C20H22N2O2/c1-24-15-7-5-14(6-8-15)16-10-13-11-17(16)19(12-13)22-20(23)18-4-2-3-9-21-18/h2-9,13,16-17,19H,10-12H2,1H3,(H,22,23)/t13-,16-,17+,19+/m1/s1. The van der Waals surface area contributed by atoms with Gasteiger partial charge in [-0.05, 0) is 66.8 Å². The minimum Gasteiger partial charge on any atom is -0.497 e. The Morgan fingerprint density at radius 3 is 2.62 bits per heavy atom. The highest BCUT2D eigenvalue weighted by molar-refractivity contribution is 5.92. The van der Waals surface area contributed by atoms with Crippen LogP contribution >= 0.6 is 0 Å². The number of ether oxygens (including phenoxy) is 1. The van der Waals surface area contributed by atoms with Crippen molar-refractivity contribution in [3.63, 3.8) is 0 Å². The molecular weight excluding hydrogens is 300 g/mol. The number of carbonyl (C=O) groups excluding carboxylic acids is 1. The van der Waals surface area contributed by atoms with Gasteiger partial charge in [-0.25, -0.2) is 0 Å². The molecule has 2 aliphatic rings. The molecule has 0 unspecified atom stereocenters. The lowest BCUT2D eigenvalue weighted by atomic mass is 9.80. The fourth-order valence-electron chi connectivity index (χ4n) is 4.49. The molecule has 2 bridgehead atoms. The fourth-order valence-corrected chi connectivity index (χ4v) is 4.49. The number of hydrogen-bond acceptors (Lipinski definition) is 3. The maximum atomic E-state index is 12.4. The zero-order valence-corrected chi connectivity index (χ0v) is 13.8. The smallest absolute Gasteiger partial charge is 0.270 e. The monoisotopic (exact) mass is 322 g/mol. The van der Waals surface area contributed by atoms with E-state index in [1.54, 1.807) is 19.4 Å². The summed E-state index contributed by atoms with van der Waals surface area (Å²) in [7, 11) is 1.69. The number of nitrogens with one attached hydrogen (secondary N) is 1. The lowest BCUT2D eigenvalue weighted by molar-refractivity contribution is 0.0914. The molecule has 1 aromatic heterocycles. The summed E-state index contributed by atoms with van der Waals surface area (Å²) in [5.41, 5.74) is 1.86. The van der Waals surface area contributed by atoms with Gasteiger partial charge in [0.05, 0.1) is 7.11 Å². The van der Waals surface area contributed by atoms with E-state index in [1.165, 1.54) is 18.4 Å². The third-order valence-corrected chi connectivity index (χ3v) is 5.57. The number of nitrogens with zero attached hydrogens (tertiary/aromatic N) is 1. The van der Waals surface area contributed by atoms with E-state index in [9.17, 15) is 4.79 Å². The van der Waals surface area contributed by atoms with E-state index in [4.69, 9.17) is 4.74 Å². The molecule has 1 N–H and O–H groups in total. The number of methoxy groups -OCH3 is 1. The molecule has 1 aromatic carbocycles. The van der Waals surface area contributed by atoms with Crippen molar-refractivity contribution in [1.29, 1.82) is 0 Å². The maximum absolute atomic E-state index is 12.4. The summed E-state index contributed by atoms with van der Waals surface area (Å²) in [6.07, 6.45) is 5.20. The second-order valence-corrected chi connectivity index (χ2v) is 6.91. The van der Waals surface area contributed by atoms with Crippen molar-refractivity contribution in [3.8, 4) is 5.75 Å². The second-order valence-electron chi connectivity index (χ2n) is 6.91. The summed E-state index contributed by atoms with van der Waals surface area (Å²) < 4.78 is 5.25. The Bertz CT molecular complexity index is 714. The summed E-state index contributed by atoms with van der Waals surface area (Å²) in [6.45, 7) is 0. The van der Waals surface area contributed by atoms with E-state index >= 15 is 0 Å². The largest absolute Gasteiger partial charge is 0.497 e. The third kappa shape index (κ3) is 2.77. The van der Waals surface area contributed by atoms with E-state index in [0.29, 0.717) is 17.5 Å². The Morgan fingerprint density at radius 2 is 1.96 bits per heavy atom. The number of benzene rings is 1.